The third kappa shape index (κ3) is 3.72. The van der Waals surface area contributed by atoms with Gasteiger partial charge in [-0.15, -0.1) is 0 Å². The van der Waals surface area contributed by atoms with Crippen molar-refractivity contribution in [3.05, 3.63) is 34.3 Å². The molecule has 1 aromatic rings. The lowest BCUT2D eigenvalue weighted by Crippen LogP contribution is -2.60. The molecule has 0 spiro atoms. The summed E-state index contributed by atoms with van der Waals surface area (Å²) in [7, 11) is 0. The summed E-state index contributed by atoms with van der Waals surface area (Å²) in [5, 5.41) is 42.8. The lowest BCUT2D eigenvalue weighted by Gasteiger charge is -2.39. The van der Waals surface area contributed by atoms with Gasteiger partial charge in [-0.25, -0.2) is 4.79 Å². The van der Waals surface area contributed by atoms with Crippen molar-refractivity contribution in [2.75, 3.05) is 13.1 Å². The van der Waals surface area contributed by atoms with Gasteiger partial charge >= 0.3 is 5.97 Å². The number of ether oxygens (including phenoxy) is 2. The number of aliphatic hydroxyl groups excluding tert-OH is 3. The fourth-order valence-corrected chi connectivity index (χ4v) is 3.54. The molecule has 7 atom stereocenters. The van der Waals surface area contributed by atoms with Gasteiger partial charge in [0.15, 0.2) is 12.4 Å². The van der Waals surface area contributed by atoms with E-state index in [0.717, 1.165) is 11.1 Å². The van der Waals surface area contributed by atoms with E-state index in [4.69, 9.17) is 26.2 Å². The van der Waals surface area contributed by atoms with Crippen LogP contribution in [0.3, 0.4) is 0 Å². The molecule has 1 unspecified atom stereocenters. The predicted octanol–water partition coefficient (Wildman–Crippen LogP) is -0.00340. The number of hydrogen-bond donors (Lipinski definition) is 5. The molecule has 2 aliphatic heterocycles. The molecule has 0 saturated carbocycles. The molecular formula is C17H22ClNO7. The van der Waals surface area contributed by atoms with Crippen LogP contribution in [0.2, 0.25) is 5.02 Å². The standard InChI is InChI=1S/C17H22ClNO7/c1-7-5-19-6-11(9-3-2-8(18)4-10(7)9)25-17-14(22)12(20)13(21)15(26-17)16(23)24/h2-4,7,11-15,17,19-22H,5-6H2,1H3,(H,23,24)/t7-,11?,12-,13-,14+,15-,17+/m0/s1. The van der Waals surface area contributed by atoms with E-state index in [1.54, 1.807) is 6.07 Å². The molecule has 1 fully saturated rings. The number of benzene rings is 1. The Morgan fingerprint density at radius 2 is 1.92 bits per heavy atom. The van der Waals surface area contributed by atoms with Gasteiger partial charge in [0.25, 0.3) is 0 Å². The van der Waals surface area contributed by atoms with Crippen LogP contribution >= 0.6 is 11.6 Å². The molecule has 9 heteroatoms. The Morgan fingerprint density at radius 3 is 2.62 bits per heavy atom. The van der Waals surface area contributed by atoms with Gasteiger partial charge in [0.05, 0.1) is 6.10 Å². The quantitative estimate of drug-likeness (QED) is 0.490. The second-order valence-electron chi connectivity index (χ2n) is 6.69. The lowest BCUT2D eigenvalue weighted by molar-refractivity contribution is -0.304. The van der Waals surface area contributed by atoms with E-state index in [1.807, 2.05) is 19.1 Å². The Kier molecular flexibility index (Phi) is 5.83. The number of halogens is 1. The highest BCUT2D eigenvalue weighted by molar-refractivity contribution is 6.30. The number of carboxylic acid groups (broad SMARTS) is 1. The largest absolute Gasteiger partial charge is 0.479 e. The summed E-state index contributed by atoms with van der Waals surface area (Å²) in [6.45, 7) is 3.14. The molecule has 0 aromatic heterocycles. The van der Waals surface area contributed by atoms with Crippen molar-refractivity contribution in [3.63, 3.8) is 0 Å². The highest BCUT2D eigenvalue weighted by atomic mass is 35.5. The smallest absolute Gasteiger partial charge is 0.335 e. The van der Waals surface area contributed by atoms with E-state index in [-0.39, 0.29) is 5.92 Å². The monoisotopic (exact) mass is 387 g/mol. The first-order valence-corrected chi connectivity index (χ1v) is 8.75. The molecule has 1 saturated heterocycles. The minimum Gasteiger partial charge on any atom is -0.479 e. The highest BCUT2D eigenvalue weighted by Crippen LogP contribution is 2.34. The van der Waals surface area contributed by atoms with E-state index >= 15 is 0 Å². The highest BCUT2D eigenvalue weighted by Gasteiger charge is 2.48. The van der Waals surface area contributed by atoms with Crippen molar-refractivity contribution < 1.29 is 34.7 Å². The average molecular weight is 388 g/mol. The van der Waals surface area contributed by atoms with E-state index in [1.165, 1.54) is 0 Å². The summed E-state index contributed by atoms with van der Waals surface area (Å²) in [4.78, 5) is 11.2. The van der Waals surface area contributed by atoms with Crippen LogP contribution in [-0.4, -0.2) is 70.2 Å². The van der Waals surface area contributed by atoms with Crippen molar-refractivity contribution in [1.29, 1.82) is 0 Å². The van der Waals surface area contributed by atoms with Gasteiger partial charge in [0, 0.05) is 18.1 Å². The van der Waals surface area contributed by atoms with E-state index in [2.05, 4.69) is 5.32 Å². The Morgan fingerprint density at radius 1 is 1.19 bits per heavy atom. The molecule has 2 heterocycles. The van der Waals surface area contributed by atoms with Crippen molar-refractivity contribution in [1.82, 2.24) is 5.32 Å². The topological polar surface area (TPSA) is 128 Å². The molecule has 1 aromatic carbocycles. The number of fused-ring (bicyclic) bond motifs is 1. The van der Waals surface area contributed by atoms with Gasteiger partial charge in [-0.05, 0) is 29.2 Å². The third-order valence-corrected chi connectivity index (χ3v) is 5.05. The summed E-state index contributed by atoms with van der Waals surface area (Å²) >= 11 is 6.10. The molecule has 26 heavy (non-hydrogen) atoms. The van der Waals surface area contributed by atoms with Crippen LogP contribution in [0.4, 0.5) is 0 Å². The first kappa shape index (κ1) is 19.5. The van der Waals surface area contributed by atoms with Crippen LogP contribution in [0, 0.1) is 0 Å². The Bertz CT molecular complexity index is 673. The molecule has 2 aliphatic rings. The van der Waals surface area contributed by atoms with Crippen LogP contribution in [0.5, 0.6) is 0 Å². The van der Waals surface area contributed by atoms with Gasteiger partial charge in [-0.2, -0.15) is 0 Å². The molecule has 0 amide bonds. The normalized spacial score (nSPS) is 37.7. The number of carboxylic acids is 1. The molecular weight excluding hydrogens is 366 g/mol. The Hall–Kier alpha value is -1.26. The van der Waals surface area contributed by atoms with Gasteiger partial charge in [-0.3, -0.25) is 0 Å². The first-order valence-electron chi connectivity index (χ1n) is 8.37. The van der Waals surface area contributed by atoms with Crippen molar-refractivity contribution in [2.24, 2.45) is 0 Å². The molecule has 3 rings (SSSR count). The van der Waals surface area contributed by atoms with Crippen LogP contribution in [0.1, 0.15) is 30.1 Å². The molecule has 0 bridgehead atoms. The van der Waals surface area contributed by atoms with Crippen LogP contribution in [0.25, 0.3) is 0 Å². The summed E-state index contributed by atoms with van der Waals surface area (Å²) in [5.74, 6) is -1.27. The minimum absolute atomic E-state index is 0.175. The maximum absolute atomic E-state index is 11.2. The van der Waals surface area contributed by atoms with Crippen molar-refractivity contribution >= 4 is 17.6 Å². The number of aliphatic carboxylic acids is 1. The predicted molar refractivity (Wildman–Crippen MR) is 90.9 cm³/mol. The van der Waals surface area contributed by atoms with Gasteiger partial charge in [0.2, 0.25) is 0 Å². The fourth-order valence-electron chi connectivity index (χ4n) is 3.36. The summed E-state index contributed by atoms with van der Waals surface area (Å²) in [6, 6.07) is 5.40. The fraction of sp³-hybridized carbons (Fsp3) is 0.588. The number of rotatable bonds is 3. The molecule has 5 N–H and O–H groups in total. The number of aliphatic hydroxyl groups is 3. The second kappa shape index (κ2) is 7.77. The number of nitrogens with one attached hydrogen (secondary N) is 1. The van der Waals surface area contributed by atoms with Crippen molar-refractivity contribution in [2.45, 2.75) is 49.7 Å². The number of carbonyl (C=O) groups is 1. The summed E-state index contributed by atoms with van der Waals surface area (Å²) in [6.07, 6.45) is -8.68. The number of hydrogen-bond acceptors (Lipinski definition) is 7. The zero-order valence-electron chi connectivity index (χ0n) is 14.1. The minimum atomic E-state index is -1.75. The van der Waals surface area contributed by atoms with Gasteiger partial charge in [0.1, 0.15) is 18.3 Å². The summed E-state index contributed by atoms with van der Waals surface area (Å²) < 4.78 is 11.0. The Labute approximate surface area is 155 Å². The molecule has 8 nitrogen and oxygen atoms in total. The van der Waals surface area contributed by atoms with Gasteiger partial charge < -0.3 is 35.2 Å². The first-order chi connectivity index (χ1) is 12.3. The molecule has 144 valence electrons. The zero-order chi connectivity index (χ0) is 19.0. The molecule has 0 aliphatic carbocycles. The van der Waals surface area contributed by atoms with Gasteiger partial charge in [-0.1, -0.05) is 24.6 Å². The van der Waals surface area contributed by atoms with E-state index < -0.39 is 42.8 Å². The SMILES string of the molecule is C[C@H]1CNCC(O[C@@H]2O[C@H](C(=O)O)[C@@H](O)[C@H](O)[C@H]2O)c2ccc(Cl)cc21. The maximum atomic E-state index is 11.2. The van der Waals surface area contributed by atoms with Crippen LogP contribution in [0.15, 0.2) is 18.2 Å². The average Bonchev–Trinajstić information content (AvgIpc) is 2.74. The van der Waals surface area contributed by atoms with Crippen LogP contribution < -0.4 is 5.32 Å². The zero-order valence-corrected chi connectivity index (χ0v) is 14.8. The Balaban J connectivity index is 1.85. The second-order valence-corrected chi connectivity index (χ2v) is 7.13. The lowest BCUT2D eigenvalue weighted by atomic mass is 9.94. The van der Waals surface area contributed by atoms with E-state index in [0.29, 0.717) is 18.1 Å². The van der Waals surface area contributed by atoms with E-state index in [9.17, 15) is 20.1 Å². The van der Waals surface area contributed by atoms with Crippen LogP contribution in [-0.2, 0) is 14.3 Å². The summed E-state index contributed by atoms with van der Waals surface area (Å²) in [5.41, 5.74) is 1.82. The van der Waals surface area contributed by atoms with Crippen molar-refractivity contribution in [3.8, 4) is 0 Å². The third-order valence-electron chi connectivity index (χ3n) is 4.82. The molecule has 0 radical (unpaired) electrons. The maximum Gasteiger partial charge on any atom is 0.335 e.